The van der Waals surface area contributed by atoms with Crippen LogP contribution in [0.25, 0.3) is 11.1 Å². The number of carbonyl (C=O) groups is 1. The zero-order valence-electron chi connectivity index (χ0n) is 11.9. The lowest BCUT2D eigenvalue weighted by molar-refractivity contribution is -0.137. The lowest BCUT2D eigenvalue weighted by Gasteiger charge is -2.10. The molecule has 2 rings (SSSR count). The van der Waals surface area contributed by atoms with Crippen molar-refractivity contribution in [1.82, 2.24) is 4.57 Å². The Hall–Kier alpha value is -2.08. The van der Waals surface area contributed by atoms with Crippen molar-refractivity contribution in [2.75, 3.05) is 0 Å². The Morgan fingerprint density at radius 3 is 2.86 bits per heavy atom. The number of oxazole rings is 1. The maximum Gasteiger partial charge on any atom is 0.419 e. The molecule has 0 spiro atoms. The quantitative estimate of drug-likeness (QED) is 0.817. The fourth-order valence-corrected chi connectivity index (χ4v) is 2.34. The Labute approximate surface area is 121 Å². The van der Waals surface area contributed by atoms with Crippen molar-refractivity contribution in [3.63, 3.8) is 0 Å². The van der Waals surface area contributed by atoms with Gasteiger partial charge in [-0.25, -0.2) is 4.79 Å². The van der Waals surface area contributed by atoms with Gasteiger partial charge in [0, 0.05) is 13.0 Å². The van der Waals surface area contributed by atoms with E-state index in [1.165, 1.54) is 0 Å². The van der Waals surface area contributed by atoms with Crippen molar-refractivity contribution in [1.29, 1.82) is 0 Å². The van der Waals surface area contributed by atoms with E-state index in [1.807, 2.05) is 6.92 Å². The maximum atomic E-state index is 11.7. The SMILES string of the molecule is CCCn1c(=O)oc2cc(C(O)CCCC(=O)O)ccc21. The molecule has 1 unspecified atom stereocenters. The number of fused-ring (bicyclic) bond motifs is 1. The van der Waals surface area contributed by atoms with Crippen LogP contribution in [0.3, 0.4) is 0 Å². The van der Waals surface area contributed by atoms with Gasteiger partial charge in [0.2, 0.25) is 0 Å². The number of nitrogens with zero attached hydrogens (tertiary/aromatic N) is 1. The average molecular weight is 293 g/mol. The fraction of sp³-hybridized carbons (Fsp3) is 0.467. The summed E-state index contributed by atoms with van der Waals surface area (Å²) in [5.41, 5.74) is 1.79. The molecule has 0 aliphatic carbocycles. The van der Waals surface area contributed by atoms with Crippen molar-refractivity contribution in [2.45, 2.75) is 45.3 Å². The van der Waals surface area contributed by atoms with Crippen molar-refractivity contribution in [3.05, 3.63) is 34.3 Å². The van der Waals surface area contributed by atoms with Crippen LogP contribution in [0.1, 0.15) is 44.3 Å². The Bertz CT molecular complexity index is 685. The van der Waals surface area contributed by atoms with Crippen LogP contribution in [-0.2, 0) is 11.3 Å². The molecule has 2 aromatic rings. The highest BCUT2D eigenvalue weighted by Crippen LogP contribution is 2.23. The lowest BCUT2D eigenvalue weighted by Crippen LogP contribution is -2.13. The van der Waals surface area contributed by atoms with E-state index in [1.54, 1.807) is 22.8 Å². The molecular formula is C15H19NO5. The van der Waals surface area contributed by atoms with Gasteiger partial charge >= 0.3 is 11.7 Å². The molecule has 114 valence electrons. The molecule has 0 saturated carbocycles. The second-order valence-corrected chi connectivity index (χ2v) is 5.05. The minimum Gasteiger partial charge on any atom is -0.481 e. The van der Waals surface area contributed by atoms with Gasteiger partial charge in [0.25, 0.3) is 0 Å². The van der Waals surface area contributed by atoms with Gasteiger partial charge in [-0.15, -0.1) is 0 Å². The lowest BCUT2D eigenvalue weighted by atomic mass is 10.0. The van der Waals surface area contributed by atoms with Crippen molar-refractivity contribution in [3.8, 4) is 0 Å². The van der Waals surface area contributed by atoms with Gasteiger partial charge in [0.15, 0.2) is 5.58 Å². The first-order valence-corrected chi connectivity index (χ1v) is 7.06. The van der Waals surface area contributed by atoms with E-state index in [-0.39, 0.29) is 6.42 Å². The Morgan fingerprint density at radius 2 is 2.19 bits per heavy atom. The number of hydrogen-bond acceptors (Lipinski definition) is 4. The summed E-state index contributed by atoms with van der Waals surface area (Å²) in [4.78, 5) is 22.2. The van der Waals surface area contributed by atoms with Crippen molar-refractivity contribution in [2.24, 2.45) is 0 Å². The summed E-state index contributed by atoms with van der Waals surface area (Å²) in [6.07, 6.45) is 0.858. The third-order valence-electron chi connectivity index (χ3n) is 3.39. The summed E-state index contributed by atoms with van der Waals surface area (Å²) < 4.78 is 6.75. The summed E-state index contributed by atoms with van der Waals surface area (Å²) >= 11 is 0. The molecule has 0 amide bonds. The number of aliphatic hydroxyl groups is 1. The molecule has 2 N–H and O–H groups in total. The van der Waals surface area contributed by atoms with Crippen LogP contribution in [0, 0.1) is 0 Å². The first kappa shape index (κ1) is 15.3. The monoisotopic (exact) mass is 293 g/mol. The number of aryl methyl sites for hydroxylation is 1. The van der Waals surface area contributed by atoms with E-state index in [2.05, 4.69) is 0 Å². The van der Waals surface area contributed by atoms with Crippen LogP contribution >= 0.6 is 0 Å². The van der Waals surface area contributed by atoms with Gasteiger partial charge in [-0.05, 0) is 37.0 Å². The molecule has 1 aromatic carbocycles. The summed E-state index contributed by atoms with van der Waals surface area (Å²) in [6, 6.07) is 5.15. The number of rotatable bonds is 7. The summed E-state index contributed by atoms with van der Waals surface area (Å²) in [5.74, 6) is -1.27. The maximum absolute atomic E-state index is 11.7. The molecule has 0 saturated heterocycles. The summed E-state index contributed by atoms with van der Waals surface area (Å²) in [6.45, 7) is 2.57. The highest BCUT2D eigenvalue weighted by Gasteiger charge is 2.13. The van der Waals surface area contributed by atoms with E-state index >= 15 is 0 Å². The predicted molar refractivity (Wildman–Crippen MR) is 77.2 cm³/mol. The van der Waals surface area contributed by atoms with Crippen LogP contribution in [0.5, 0.6) is 0 Å². The molecule has 0 aliphatic heterocycles. The minimum atomic E-state index is -0.875. The molecule has 0 fully saturated rings. The highest BCUT2D eigenvalue weighted by atomic mass is 16.4. The van der Waals surface area contributed by atoms with Gasteiger partial charge in [-0.3, -0.25) is 9.36 Å². The second-order valence-electron chi connectivity index (χ2n) is 5.05. The number of carboxylic acids is 1. The Balaban J connectivity index is 2.19. The Morgan fingerprint density at radius 1 is 1.43 bits per heavy atom. The van der Waals surface area contributed by atoms with Crippen molar-refractivity contribution < 1.29 is 19.4 Å². The third kappa shape index (κ3) is 3.52. The molecule has 0 radical (unpaired) electrons. The van der Waals surface area contributed by atoms with Crippen molar-refractivity contribution >= 4 is 17.1 Å². The number of aromatic nitrogens is 1. The summed E-state index contributed by atoms with van der Waals surface area (Å²) in [7, 11) is 0. The molecule has 1 aromatic heterocycles. The topological polar surface area (TPSA) is 92.7 Å². The fourth-order valence-electron chi connectivity index (χ4n) is 2.34. The van der Waals surface area contributed by atoms with E-state index in [4.69, 9.17) is 9.52 Å². The summed E-state index contributed by atoms with van der Waals surface area (Å²) in [5, 5.41) is 18.6. The van der Waals surface area contributed by atoms with Crippen LogP contribution in [0.4, 0.5) is 0 Å². The van der Waals surface area contributed by atoms with Gasteiger partial charge in [-0.1, -0.05) is 13.0 Å². The smallest absolute Gasteiger partial charge is 0.419 e. The molecule has 1 heterocycles. The highest BCUT2D eigenvalue weighted by molar-refractivity contribution is 5.73. The van der Waals surface area contributed by atoms with E-state index in [0.29, 0.717) is 36.0 Å². The average Bonchev–Trinajstić information content (AvgIpc) is 2.74. The van der Waals surface area contributed by atoms with E-state index in [9.17, 15) is 14.7 Å². The first-order chi connectivity index (χ1) is 10.0. The van der Waals surface area contributed by atoms with Crippen LogP contribution in [0.2, 0.25) is 0 Å². The molecule has 6 nitrogen and oxygen atoms in total. The van der Waals surface area contributed by atoms with Crippen LogP contribution < -0.4 is 5.76 Å². The number of carboxylic acid groups (broad SMARTS) is 1. The molecule has 0 bridgehead atoms. The van der Waals surface area contributed by atoms with Gasteiger partial charge < -0.3 is 14.6 Å². The molecule has 21 heavy (non-hydrogen) atoms. The van der Waals surface area contributed by atoms with Gasteiger partial charge in [0.05, 0.1) is 11.6 Å². The van der Waals surface area contributed by atoms with Gasteiger partial charge in [-0.2, -0.15) is 0 Å². The molecule has 1 atom stereocenters. The second kappa shape index (κ2) is 6.58. The van der Waals surface area contributed by atoms with Gasteiger partial charge in [0.1, 0.15) is 0 Å². The zero-order valence-corrected chi connectivity index (χ0v) is 11.9. The molecule has 6 heteroatoms. The zero-order chi connectivity index (χ0) is 15.4. The predicted octanol–water partition coefficient (Wildman–Crippen LogP) is 2.29. The largest absolute Gasteiger partial charge is 0.481 e. The molecule has 0 aliphatic rings. The normalized spacial score (nSPS) is 12.7. The number of aliphatic carboxylic acids is 1. The molecular weight excluding hydrogens is 274 g/mol. The third-order valence-corrected chi connectivity index (χ3v) is 3.39. The van der Waals surface area contributed by atoms with Crippen LogP contribution in [0.15, 0.2) is 27.4 Å². The standard InChI is InChI=1S/C15H19NO5/c1-2-8-16-11-7-6-10(9-13(11)21-15(16)20)12(17)4-3-5-14(18)19/h6-7,9,12,17H,2-5,8H2,1H3,(H,18,19). The van der Waals surface area contributed by atoms with E-state index in [0.717, 1.165) is 6.42 Å². The number of benzene rings is 1. The van der Waals surface area contributed by atoms with E-state index < -0.39 is 17.8 Å². The Kier molecular flexibility index (Phi) is 4.80. The minimum absolute atomic E-state index is 0.0290. The van der Waals surface area contributed by atoms with Crippen LogP contribution in [-0.4, -0.2) is 20.7 Å². The number of aliphatic hydroxyl groups excluding tert-OH is 1. The number of hydrogen-bond donors (Lipinski definition) is 2. The first-order valence-electron chi connectivity index (χ1n) is 7.06.